The van der Waals surface area contributed by atoms with Gasteiger partial charge in [0.05, 0.1) is 10.6 Å². The summed E-state index contributed by atoms with van der Waals surface area (Å²) < 4.78 is 29.7. The summed E-state index contributed by atoms with van der Waals surface area (Å²) >= 11 is 6.33. The summed E-state index contributed by atoms with van der Waals surface area (Å²) in [5.74, 6) is -0.638. The summed E-state index contributed by atoms with van der Waals surface area (Å²) in [6, 6.07) is 27.7. The Morgan fingerprint density at radius 2 is 1.41 bits per heavy atom. The van der Waals surface area contributed by atoms with Crippen LogP contribution in [0.4, 0.5) is 5.69 Å². The maximum Gasteiger partial charge on any atom is 0.264 e. The molecule has 7 nitrogen and oxygen atoms in total. The van der Waals surface area contributed by atoms with Crippen molar-refractivity contribution in [1.82, 2.24) is 10.2 Å². The van der Waals surface area contributed by atoms with Crippen LogP contribution in [-0.4, -0.2) is 44.3 Å². The molecule has 0 saturated carbocycles. The molecule has 1 unspecified atom stereocenters. The van der Waals surface area contributed by atoms with E-state index >= 15 is 0 Å². The number of aryl methyl sites for hydroxylation is 3. The Kier molecular flexibility index (Phi) is 11.7. The van der Waals surface area contributed by atoms with Crippen LogP contribution in [0.25, 0.3) is 0 Å². The first-order chi connectivity index (χ1) is 21.8. The lowest BCUT2D eigenvalue weighted by molar-refractivity contribution is -0.140. The van der Waals surface area contributed by atoms with E-state index in [0.29, 0.717) is 17.3 Å². The van der Waals surface area contributed by atoms with E-state index in [-0.39, 0.29) is 29.7 Å². The number of carbonyl (C=O) groups excluding carboxylic acids is 2. The lowest BCUT2D eigenvalue weighted by Crippen LogP contribution is -2.53. The Labute approximate surface area is 278 Å². The minimum absolute atomic E-state index is 0.0528. The quantitative estimate of drug-likeness (QED) is 0.170. The first kappa shape index (κ1) is 34.7. The average Bonchev–Trinajstić information content (AvgIpc) is 3.00. The molecule has 0 fully saturated rings. The molecule has 0 aliphatic heterocycles. The topological polar surface area (TPSA) is 86.8 Å². The van der Waals surface area contributed by atoms with Gasteiger partial charge in [-0.15, -0.1) is 0 Å². The summed E-state index contributed by atoms with van der Waals surface area (Å²) in [6.45, 7) is 9.62. The molecular weight excluding hydrogens is 618 g/mol. The molecule has 4 rings (SSSR count). The van der Waals surface area contributed by atoms with Crippen LogP contribution in [0.15, 0.2) is 102 Å². The molecule has 1 atom stereocenters. The van der Waals surface area contributed by atoms with Gasteiger partial charge in [0.1, 0.15) is 12.6 Å². The number of hydrogen-bond donors (Lipinski definition) is 1. The lowest BCUT2D eigenvalue weighted by Gasteiger charge is -2.34. The van der Waals surface area contributed by atoms with Gasteiger partial charge in [-0.25, -0.2) is 8.42 Å². The largest absolute Gasteiger partial charge is 0.354 e. The first-order valence-electron chi connectivity index (χ1n) is 15.4. The molecule has 0 aliphatic carbocycles. The molecular formula is C37H42ClN3O4S. The second-order valence-corrected chi connectivity index (χ2v) is 14.5. The van der Waals surface area contributed by atoms with Crippen LogP contribution in [0.3, 0.4) is 0 Å². The van der Waals surface area contributed by atoms with E-state index in [4.69, 9.17) is 11.6 Å². The molecule has 242 valence electrons. The van der Waals surface area contributed by atoms with Crippen molar-refractivity contribution in [2.75, 3.05) is 17.4 Å². The zero-order valence-corrected chi connectivity index (χ0v) is 28.6. The van der Waals surface area contributed by atoms with Gasteiger partial charge in [0.15, 0.2) is 0 Å². The number of carbonyl (C=O) groups is 2. The van der Waals surface area contributed by atoms with Gasteiger partial charge in [0.2, 0.25) is 11.8 Å². The molecule has 2 amide bonds. The number of rotatable bonds is 13. The first-order valence-corrected chi connectivity index (χ1v) is 17.2. The van der Waals surface area contributed by atoms with Crippen LogP contribution >= 0.6 is 11.6 Å². The van der Waals surface area contributed by atoms with E-state index in [9.17, 15) is 18.0 Å². The summed E-state index contributed by atoms with van der Waals surface area (Å²) in [5, 5.41) is 3.50. The maximum atomic E-state index is 14.6. The predicted molar refractivity (Wildman–Crippen MR) is 185 cm³/mol. The maximum absolute atomic E-state index is 14.6. The summed E-state index contributed by atoms with van der Waals surface area (Å²) in [7, 11) is -4.17. The van der Waals surface area contributed by atoms with Crippen molar-refractivity contribution in [2.24, 2.45) is 5.92 Å². The summed E-state index contributed by atoms with van der Waals surface area (Å²) in [6.07, 6.45) is 0.241. The van der Waals surface area contributed by atoms with E-state index < -0.39 is 28.5 Å². The van der Waals surface area contributed by atoms with Crippen LogP contribution in [-0.2, 0) is 32.6 Å². The SMILES string of the molecule is Cc1ccc(S(=O)(=O)N(CC(=O)N(Cc2cccc(Cl)c2)C(Cc2ccccc2)C(=O)NCC(C)C)c2cc(C)cc(C)c2)cc1. The van der Waals surface area contributed by atoms with Crippen molar-refractivity contribution in [2.45, 2.75) is 58.5 Å². The number of halogens is 1. The van der Waals surface area contributed by atoms with Gasteiger partial charge in [0, 0.05) is 24.5 Å². The smallest absolute Gasteiger partial charge is 0.264 e. The van der Waals surface area contributed by atoms with Gasteiger partial charge < -0.3 is 10.2 Å². The number of benzene rings is 4. The molecule has 46 heavy (non-hydrogen) atoms. The van der Waals surface area contributed by atoms with E-state index in [0.717, 1.165) is 32.1 Å². The minimum atomic E-state index is -4.17. The second kappa shape index (κ2) is 15.4. The van der Waals surface area contributed by atoms with Crippen molar-refractivity contribution in [3.8, 4) is 0 Å². The molecule has 4 aromatic carbocycles. The van der Waals surface area contributed by atoms with Gasteiger partial charge in [0.25, 0.3) is 10.0 Å². The van der Waals surface area contributed by atoms with Crippen molar-refractivity contribution in [3.63, 3.8) is 0 Å². The predicted octanol–water partition coefficient (Wildman–Crippen LogP) is 6.87. The van der Waals surface area contributed by atoms with Crippen LogP contribution < -0.4 is 9.62 Å². The van der Waals surface area contributed by atoms with Crippen molar-refractivity contribution >= 4 is 39.1 Å². The molecule has 0 heterocycles. The molecule has 4 aromatic rings. The van der Waals surface area contributed by atoms with Gasteiger partial charge in [-0.2, -0.15) is 0 Å². The van der Waals surface area contributed by atoms with Crippen molar-refractivity contribution in [3.05, 3.63) is 130 Å². The fourth-order valence-corrected chi connectivity index (χ4v) is 6.88. The molecule has 0 radical (unpaired) electrons. The van der Waals surface area contributed by atoms with Crippen LogP contribution in [0.1, 0.15) is 41.7 Å². The normalized spacial score (nSPS) is 12.1. The van der Waals surface area contributed by atoms with Gasteiger partial charge in [-0.05, 0) is 85.3 Å². The number of sulfonamides is 1. The highest BCUT2D eigenvalue weighted by atomic mass is 35.5. The minimum Gasteiger partial charge on any atom is -0.354 e. The third-order valence-electron chi connectivity index (χ3n) is 7.58. The second-order valence-electron chi connectivity index (χ2n) is 12.2. The fourth-order valence-electron chi connectivity index (χ4n) is 5.27. The zero-order chi connectivity index (χ0) is 33.4. The number of nitrogens with one attached hydrogen (secondary N) is 1. The van der Waals surface area contributed by atoms with E-state index in [2.05, 4.69) is 5.32 Å². The number of amides is 2. The Bertz CT molecular complexity index is 1740. The standard InChI is InChI=1S/C37H42ClN3O4S/c1-26(2)23-39-37(43)35(22-30-10-7-6-8-11-30)40(24-31-12-9-13-32(38)21-31)36(42)25-41(33-19-28(4)18-29(5)20-33)46(44,45)34-16-14-27(3)15-17-34/h6-21,26,35H,22-25H2,1-5H3,(H,39,43). The fraction of sp³-hybridized carbons (Fsp3) is 0.297. The number of hydrogen-bond acceptors (Lipinski definition) is 4. The third-order valence-corrected chi connectivity index (χ3v) is 9.60. The molecule has 0 aromatic heterocycles. The monoisotopic (exact) mass is 659 g/mol. The van der Waals surface area contributed by atoms with Gasteiger partial charge in [-0.3, -0.25) is 13.9 Å². The zero-order valence-electron chi connectivity index (χ0n) is 27.0. The van der Waals surface area contributed by atoms with E-state index in [1.165, 1.54) is 4.90 Å². The highest BCUT2D eigenvalue weighted by molar-refractivity contribution is 7.92. The summed E-state index contributed by atoms with van der Waals surface area (Å²) in [4.78, 5) is 30.0. The highest BCUT2D eigenvalue weighted by Gasteiger charge is 2.34. The number of nitrogens with zero attached hydrogens (tertiary/aromatic N) is 2. The molecule has 0 spiro atoms. The molecule has 1 N–H and O–H groups in total. The Hall–Kier alpha value is -4.14. The van der Waals surface area contributed by atoms with Crippen LogP contribution in [0, 0.1) is 26.7 Å². The summed E-state index contributed by atoms with van der Waals surface area (Å²) in [5.41, 5.74) is 4.59. The van der Waals surface area contributed by atoms with E-state index in [1.807, 2.05) is 77.1 Å². The third kappa shape index (κ3) is 9.21. The Morgan fingerprint density at radius 3 is 2.02 bits per heavy atom. The number of anilines is 1. The Balaban J connectivity index is 1.82. The average molecular weight is 660 g/mol. The molecule has 0 bridgehead atoms. The highest BCUT2D eigenvalue weighted by Crippen LogP contribution is 2.27. The molecule has 0 saturated heterocycles. The van der Waals surface area contributed by atoms with E-state index in [1.54, 1.807) is 54.6 Å². The van der Waals surface area contributed by atoms with Crippen LogP contribution in [0.5, 0.6) is 0 Å². The molecule has 0 aliphatic rings. The van der Waals surface area contributed by atoms with Crippen molar-refractivity contribution < 1.29 is 18.0 Å². The lowest BCUT2D eigenvalue weighted by atomic mass is 10.0. The molecule has 9 heteroatoms. The van der Waals surface area contributed by atoms with Crippen LogP contribution in [0.2, 0.25) is 5.02 Å². The van der Waals surface area contributed by atoms with Gasteiger partial charge in [-0.1, -0.05) is 91.7 Å². The Morgan fingerprint density at radius 1 is 0.783 bits per heavy atom. The van der Waals surface area contributed by atoms with Crippen molar-refractivity contribution in [1.29, 1.82) is 0 Å². The van der Waals surface area contributed by atoms with Gasteiger partial charge >= 0.3 is 0 Å².